The number of H-pyrrole nitrogens is 2. The molecule has 0 saturated heterocycles. The van der Waals surface area contributed by atoms with Crippen molar-refractivity contribution < 1.29 is 4.74 Å². The largest absolute Gasteiger partial charge is 0.494 e. The molecular formula is C17H18N2O. The zero-order chi connectivity index (χ0) is 13.8. The fourth-order valence-corrected chi connectivity index (χ4v) is 2.56. The number of hydrogen-bond acceptors (Lipinski definition) is 1. The summed E-state index contributed by atoms with van der Waals surface area (Å²) >= 11 is 0. The maximum absolute atomic E-state index is 5.79. The Kier molecular flexibility index (Phi) is 3.59. The first kappa shape index (κ1) is 12.6. The first-order valence-corrected chi connectivity index (χ1v) is 6.88. The van der Waals surface area contributed by atoms with Crippen molar-refractivity contribution in [3.05, 3.63) is 77.9 Å². The van der Waals surface area contributed by atoms with E-state index < -0.39 is 0 Å². The Morgan fingerprint density at radius 2 is 1.55 bits per heavy atom. The Labute approximate surface area is 118 Å². The van der Waals surface area contributed by atoms with Crippen LogP contribution in [0.4, 0.5) is 0 Å². The molecule has 0 saturated carbocycles. The summed E-state index contributed by atoms with van der Waals surface area (Å²) in [5.41, 5.74) is 3.47. The van der Waals surface area contributed by atoms with Crippen LogP contribution in [0.5, 0.6) is 5.75 Å². The molecule has 0 aliphatic carbocycles. The summed E-state index contributed by atoms with van der Waals surface area (Å²) in [5.74, 6) is 1.06. The molecule has 0 fully saturated rings. The van der Waals surface area contributed by atoms with Crippen molar-refractivity contribution in [3.8, 4) is 5.75 Å². The lowest BCUT2D eigenvalue weighted by molar-refractivity contribution is 0.336. The lowest BCUT2D eigenvalue weighted by Gasteiger charge is -2.19. The van der Waals surface area contributed by atoms with Crippen LogP contribution in [0.15, 0.2) is 60.9 Å². The molecule has 0 aliphatic heterocycles. The van der Waals surface area contributed by atoms with Crippen LogP contribution in [0.1, 0.15) is 29.8 Å². The maximum atomic E-state index is 5.79. The average molecular weight is 266 g/mol. The SMILES string of the molecule is CCOc1ccccc1C(c1ccc[nH]1)c1ccc[nH]1. The van der Waals surface area contributed by atoms with Crippen molar-refractivity contribution in [2.75, 3.05) is 6.61 Å². The van der Waals surface area contributed by atoms with Gasteiger partial charge in [0.2, 0.25) is 0 Å². The molecule has 3 aromatic rings. The second-order valence-corrected chi connectivity index (χ2v) is 4.65. The van der Waals surface area contributed by atoms with Crippen LogP contribution >= 0.6 is 0 Å². The highest BCUT2D eigenvalue weighted by Gasteiger charge is 2.21. The summed E-state index contributed by atoms with van der Waals surface area (Å²) < 4.78 is 5.79. The maximum Gasteiger partial charge on any atom is 0.123 e. The molecule has 102 valence electrons. The normalized spacial score (nSPS) is 10.9. The first-order chi connectivity index (χ1) is 9.90. The Balaban J connectivity index is 2.11. The summed E-state index contributed by atoms with van der Waals surface area (Å²) in [6.45, 7) is 2.67. The van der Waals surface area contributed by atoms with E-state index in [0.29, 0.717) is 6.61 Å². The van der Waals surface area contributed by atoms with Gasteiger partial charge in [-0.2, -0.15) is 0 Å². The molecule has 0 radical (unpaired) electrons. The van der Waals surface area contributed by atoms with Gasteiger partial charge in [0.15, 0.2) is 0 Å². The molecule has 1 aromatic carbocycles. The molecule has 0 bridgehead atoms. The predicted octanol–water partition coefficient (Wildman–Crippen LogP) is 3.92. The van der Waals surface area contributed by atoms with Crippen LogP contribution in [0.25, 0.3) is 0 Å². The zero-order valence-corrected chi connectivity index (χ0v) is 11.5. The number of para-hydroxylation sites is 1. The first-order valence-electron chi connectivity index (χ1n) is 6.88. The van der Waals surface area contributed by atoms with Gasteiger partial charge in [0.1, 0.15) is 5.75 Å². The second kappa shape index (κ2) is 5.70. The molecule has 0 unspecified atom stereocenters. The van der Waals surface area contributed by atoms with Crippen LogP contribution in [0.2, 0.25) is 0 Å². The fraction of sp³-hybridized carbons (Fsp3) is 0.176. The molecule has 0 amide bonds. The lowest BCUT2D eigenvalue weighted by Crippen LogP contribution is -2.07. The minimum Gasteiger partial charge on any atom is -0.494 e. The van der Waals surface area contributed by atoms with Crippen LogP contribution in [-0.2, 0) is 0 Å². The Bertz CT molecular complexity index is 607. The van der Waals surface area contributed by atoms with Crippen molar-refractivity contribution in [2.45, 2.75) is 12.8 Å². The number of rotatable bonds is 5. The Morgan fingerprint density at radius 3 is 2.10 bits per heavy atom. The van der Waals surface area contributed by atoms with Gasteiger partial charge in [-0.15, -0.1) is 0 Å². The van der Waals surface area contributed by atoms with Gasteiger partial charge in [-0.1, -0.05) is 18.2 Å². The molecule has 20 heavy (non-hydrogen) atoms. The quantitative estimate of drug-likeness (QED) is 0.722. The summed E-state index contributed by atoms with van der Waals surface area (Å²) in [4.78, 5) is 6.64. The van der Waals surface area contributed by atoms with Crippen molar-refractivity contribution >= 4 is 0 Å². The molecule has 0 aliphatic rings. The van der Waals surface area contributed by atoms with E-state index in [1.54, 1.807) is 0 Å². The van der Waals surface area contributed by atoms with Crippen molar-refractivity contribution in [1.82, 2.24) is 9.97 Å². The molecule has 0 atom stereocenters. The van der Waals surface area contributed by atoms with E-state index in [-0.39, 0.29) is 5.92 Å². The van der Waals surface area contributed by atoms with Crippen molar-refractivity contribution in [2.24, 2.45) is 0 Å². The third-order valence-electron chi connectivity index (χ3n) is 3.40. The number of ether oxygens (including phenoxy) is 1. The second-order valence-electron chi connectivity index (χ2n) is 4.65. The van der Waals surface area contributed by atoms with Crippen LogP contribution in [-0.4, -0.2) is 16.6 Å². The van der Waals surface area contributed by atoms with E-state index in [9.17, 15) is 0 Å². The highest BCUT2D eigenvalue weighted by molar-refractivity contribution is 5.45. The van der Waals surface area contributed by atoms with Crippen molar-refractivity contribution in [3.63, 3.8) is 0 Å². The molecule has 3 rings (SSSR count). The molecule has 0 spiro atoms. The van der Waals surface area contributed by atoms with Gasteiger partial charge in [-0.25, -0.2) is 0 Å². The van der Waals surface area contributed by atoms with Gasteiger partial charge in [0.05, 0.1) is 12.5 Å². The number of hydrogen-bond donors (Lipinski definition) is 2. The standard InChI is InChI=1S/C17H18N2O/c1-2-20-16-10-4-3-7-13(16)17(14-8-5-11-18-14)15-9-6-12-19-15/h3-12,17-19H,2H2,1H3. The Hall–Kier alpha value is -2.42. The van der Waals surface area contributed by atoms with E-state index in [0.717, 1.165) is 17.1 Å². The van der Waals surface area contributed by atoms with Gasteiger partial charge >= 0.3 is 0 Å². The molecular weight excluding hydrogens is 248 g/mol. The van der Waals surface area contributed by atoms with Gasteiger partial charge in [0.25, 0.3) is 0 Å². The van der Waals surface area contributed by atoms with E-state index >= 15 is 0 Å². The topological polar surface area (TPSA) is 40.8 Å². The summed E-state index contributed by atoms with van der Waals surface area (Å²) in [6, 6.07) is 16.5. The van der Waals surface area contributed by atoms with Gasteiger partial charge in [-0.05, 0) is 37.3 Å². The smallest absolute Gasteiger partial charge is 0.123 e. The lowest BCUT2D eigenvalue weighted by atomic mass is 9.92. The van der Waals surface area contributed by atoms with Crippen LogP contribution < -0.4 is 4.74 Å². The minimum atomic E-state index is 0.128. The highest BCUT2D eigenvalue weighted by atomic mass is 16.5. The van der Waals surface area contributed by atoms with E-state index in [4.69, 9.17) is 4.74 Å². The van der Waals surface area contributed by atoms with Gasteiger partial charge in [-0.3, -0.25) is 0 Å². The number of benzene rings is 1. The van der Waals surface area contributed by atoms with E-state index in [2.05, 4.69) is 34.2 Å². The van der Waals surface area contributed by atoms with Crippen LogP contribution in [0.3, 0.4) is 0 Å². The summed E-state index contributed by atoms with van der Waals surface area (Å²) in [5, 5.41) is 0. The number of nitrogens with one attached hydrogen (secondary N) is 2. The van der Waals surface area contributed by atoms with Crippen molar-refractivity contribution in [1.29, 1.82) is 0 Å². The minimum absolute atomic E-state index is 0.128. The molecule has 3 heteroatoms. The third kappa shape index (κ3) is 2.35. The monoisotopic (exact) mass is 266 g/mol. The Morgan fingerprint density at radius 1 is 0.900 bits per heavy atom. The van der Waals surface area contributed by atoms with Gasteiger partial charge in [0, 0.05) is 29.3 Å². The molecule has 2 aromatic heterocycles. The van der Waals surface area contributed by atoms with E-state index in [1.165, 1.54) is 5.56 Å². The molecule has 2 N–H and O–H groups in total. The third-order valence-corrected chi connectivity index (χ3v) is 3.40. The van der Waals surface area contributed by atoms with E-state index in [1.807, 2.05) is 43.6 Å². The van der Waals surface area contributed by atoms with Crippen LogP contribution in [0, 0.1) is 0 Å². The predicted molar refractivity (Wildman–Crippen MR) is 80.1 cm³/mol. The fourth-order valence-electron chi connectivity index (χ4n) is 2.56. The van der Waals surface area contributed by atoms with Gasteiger partial charge < -0.3 is 14.7 Å². The summed E-state index contributed by atoms with van der Waals surface area (Å²) in [7, 11) is 0. The zero-order valence-electron chi connectivity index (χ0n) is 11.5. The number of aromatic amines is 2. The summed E-state index contributed by atoms with van der Waals surface area (Å²) in [6.07, 6.45) is 3.91. The highest BCUT2D eigenvalue weighted by Crippen LogP contribution is 2.35. The average Bonchev–Trinajstić information content (AvgIpc) is 3.15. The molecule has 3 nitrogen and oxygen atoms in total. The molecule has 2 heterocycles. The number of aromatic nitrogens is 2.